The maximum Gasteiger partial charge on any atom is 0.160 e. The zero-order valence-electron chi connectivity index (χ0n) is 10.3. The summed E-state index contributed by atoms with van der Waals surface area (Å²) in [5.41, 5.74) is 2.86. The molecule has 0 unspecified atom stereocenters. The molecule has 5 heteroatoms. The van der Waals surface area contributed by atoms with E-state index in [0.29, 0.717) is 15.7 Å². The number of hydrogen-bond donors (Lipinski definition) is 0. The molecule has 0 saturated heterocycles. The van der Waals surface area contributed by atoms with Gasteiger partial charge in [0.2, 0.25) is 0 Å². The minimum Gasteiger partial charge on any atom is -0.330 e. The second-order valence-electron chi connectivity index (χ2n) is 5.05. The molecule has 0 atom stereocenters. The van der Waals surface area contributed by atoms with Crippen molar-refractivity contribution in [2.75, 3.05) is 0 Å². The van der Waals surface area contributed by atoms with Crippen LogP contribution >= 0.6 is 15.9 Å². The minimum absolute atomic E-state index is 0.125. The van der Waals surface area contributed by atoms with Crippen molar-refractivity contribution < 1.29 is 4.79 Å². The molecule has 0 bridgehead atoms. The van der Waals surface area contributed by atoms with E-state index in [9.17, 15) is 4.79 Å². The van der Waals surface area contributed by atoms with E-state index >= 15 is 0 Å². The topological polar surface area (TPSA) is 47.8 Å². The Hall–Kier alpha value is -1.23. The Labute approximate surface area is 108 Å². The van der Waals surface area contributed by atoms with Crippen LogP contribution in [0.3, 0.4) is 0 Å². The third-order valence-corrected chi connectivity index (χ3v) is 3.10. The van der Waals surface area contributed by atoms with Crippen molar-refractivity contribution in [2.45, 2.75) is 26.2 Å². The van der Waals surface area contributed by atoms with Crippen LogP contribution in [0, 0.1) is 0 Å². The number of aldehydes is 1. The number of fused-ring (bicyclic) bond motifs is 1. The number of carbonyl (C=O) groups excluding carboxylic acids is 1. The van der Waals surface area contributed by atoms with Crippen molar-refractivity contribution in [3.63, 3.8) is 0 Å². The number of nitrogens with zero attached hydrogens (tertiary/aromatic N) is 3. The molecular weight excluding hydrogens is 282 g/mol. The summed E-state index contributed by atoms with van der Waals surface area (Å²) in [7, 11) is 1.91. The number of hydrogen-bond acceptors (Lipinski definition) is 3. The number of carbonyl (C=O) groups is 1. The lowest BCUT2D eigenvalue weighted by Gasteiger charge is -2.20. The van der Waals surface area contributed by atoms with Gasteiger partial charge in [0.1, 0.15) is 10.1 Å². The highest BCUT2D eigenvalue weighted by atomic mass is 79.9. The van der Waals surface area contributed by atoms with E-state index in [2.05, 4.69) is 46.7 Å². The monoisotopic (exact) mass is 295 g/mol. The average molecular weight is 296 g/mol. The number of halogens is 1. The highest BCUT2D eigenvalue weighted by Crippen LogP contribution is 2.31. The van der Waals surface area contributed by atoms with Gasteiger partial charge in [0, 0.05) is 18.2 Å². The SMILES string of the molecule is Cn1c(C(C)(C)C)c(C=O)c2ncc(Br)nc21. The lowest BCUT2D eigenvalue weighted by Crippen LogP contribution is -2.18. The maximum absolute atomic E-state index is 11.3. The third-order valence-electron chi connectivity index (χ3n) is 2.72. The molecule has 17 heavy (non-hydrogen) atoms. The first-order chi connectivity index (χ1) is 7.86. The lowest BCUT2D eigenvalue weighted by atomic mass is 9.89. The Morgan fingerprint density at radius 1 is 1.41 bits per heavy atom. The number of aryl methyl sites for hydroxylation is 1. The van der Waals surface area contributed by atoms with Crippen molar-refractivity contribution in [1.82, 2.24) is 14.5 Å². The molecule has 0 aromatic carbocycles. The molecule has 0 fully saturated rings. The zero-order valence-corrected chi connectivity index (χ0v) is 11.9. The summed E-state index contributed by atoms with van der Waals surface area (Å²) < 4.78 is 2.61. The van der Waals surface area contributed by atoms with Crippen molar-refractivity contribution >= 4 is 33.4 Å². The maximum atomic E-state index is 11.3. The van der Waals surface area contributed by atoms with Gasteiger partial charge in [0.15, 0.2) is 11.9 Å². The van der Waals surface area contributed by atoms with Crippen molar-refractivity contribution in [1.29, 1.82) is 0 Å². The molecule has 0 N–H and O–H groups in total. The molecule has 0 saturated carbocycles. The Balaban J connectivity index is 2.93. The predicted octanol–water partition coefficient (Wildman–Crippen LogP) is 2.84. The molecule has 0 spiro atoms. The third kappa shape index (κ3) is 1.88. The van der Waals surface area contributed by atoms with Crippen molar-refractivity contribution in [3.05, 3.63) is 22.1 Å². The number of aromatic nitrogens is 3. The van der Waals surface area contributed by atoms with E-state index in [1.165, 1.54) is 0 Å². The molecular formula is C12H14BrN3O. The molecule has 2 rings (SSSR count). The fourth-order valence-electron chi connectivity index (χ4n) is 2.20. The smallest absolute Gasteiger partial charge is 0.160 e. The summed E-state index contributed by atoms with van der Waals surface area (Å²) in [6, 6.07) is 0. The Bertz CT molecular complexity index is 596. The minimum atomic E-state index is -0.125. The summed E-state index contributed by atoms with van der Waals surface area (Å²) in [5.74, 6) is 0. The van der Waals surface area contributed by atoms with Gasteiger partial charge in [-0.05, 0) is 15.9 Å². The molecule has 0 amide bonds. The van der Waals surface area contributed by atoms with E-state index in [1.807, 2.05) is 11.6 Å². The van der Waals surface area contributed by atoms with Crippen LogP contribution in [0.25, 0.3) is 11.2 Å². The van der Waals surface area contributed by atoms with Gasteiger partial charge < -0.3 is 4.57 Å². The zero-order chi connectivity index (χ0) is 12.8. The van der Waals surface area contributed by atoms with Crippen LogP contribution in [-0.4, -0.2) is 20.8 Å². The first-order valence-corrected chi connectivity index (χ1v) is 6.12. The van der Waals surface area contributed by atoms with Gasteiger partial charge in [-0.2, -0.15) is 0 Å². The van der Waals surface area contributed by atoms with Gasteiger partial charge in [-0.1, -0.05) is 20.8 Å². The Morgan fingerprint density at radius 2 is 2.06 bits per heavy atom. The van der Waals surface area contributed by atoms with E-state index in [1.54, 1.807) is 6.20 Å². The van der Waals surface area contributed by atoms with Crippen LogP contribution in [0.1, 0.15) is 36.8 Å². The fourth-order valence-corrected chi connectivity index (χ4v) is 2.47. The predicted molar refractivity (Wildman–Crippen MR) is 70.3 cm³/mol. The van der Waals surface area contributed by atoms with E-state index in [0.717, 1.165) is 17.6 Å². The summed E-state index contributed by atoms with van der Waals surface area (Å²) in [6.45, 7) is 6.22. The van der Waals surface area contributed by atoms with Gasteiger partial charge in [-0.3, -0.25) is 4.79 Å². The van der Waals surface area contributed by atoms with E-state index in [4.69, 9.17) is 0 Å². The van der Waals surface area contributed by atoms with Gasteiger partial charge in [0.05, 0.1) is 11.8 Å². The van der Waals surface area contributed by atoms with Gasteiger partial charge in [-0.15, -0.1) is 0 Å². The second kappa shape index (κ2) is 3.91. The van der Waals surface area contributed by atoms with Crippen LogP contribution in [-0.2, 0) is 12.5 Å². The van der Waals surface area contributed by atoms with E-state index in [-0.39, 0.29) is 5.41 Å². The number of rotatable bonds is 1. The van der Waals surface area contributed by atoms with Crippen LogP contribution in [0.2, 0.25) is 0 Å². The molecule has 4 nitrogen and oxygen atoms in total. The van der Waals surface area contributed by atoms with Gasteiger partial charge >= 0.3 is 0 Å². The average Bonchev–Trinajstić information content (AvgIpc) is 2.51. The van der Waals surface area contributed by atoms with Crippen molar-refractivity contribution in [2.24, 2.45) is 7.05 Å². The van der Waals surface area contributed by atoms with Gasteiger partial charge in [-0.25, -0.2) is 9.97 Å². The first kappa shape index (κ1) is 12.2. The molecule has 2 aromatic heterocycles. The molecule has 2 aromatic rings. The Kier molecular flexibility index (Phi) is 2.81. The fraction of sp³-hybridized carbons (Fsp3) is 0.417. The normalized spacial score (nSPS) is 12.1. The molecule has 0 aliphatic heterocycles. The van der Waals surface area contributed by atoms with Crippen LogP contribution in [0.5, 0.6) is 0 Å². The van der Waals surface area contributed by atoms with Crippen LogP contribution < -0.4 is 0 Å². The van der Waals surface area contributed by atoms with Crippen LogP contribution in [0.4, 0.5) is 0 Å². The molecule has 0 aliphatic carbocycles. The molecule has 2 heterocycles. The highest BCUT2D eigenvalue weighted by Gasteiger charge is 2.26. The van der Waals surface area contributed by atoms with Crippen LogP contribution in [0.15, 0.2) is 10.8 Å². The van der Waals surface area contributed by atoms with Crippen molar-refractivity contribution in [3.8, 4) is 0 Å². The highest BCUT2D eigenvalue weighted by molar-refractivity contribution is 9.10. The summed E-state index contributed by atoms with van der Waals surface area (Å²) in [6.07, 6.45) is 2.48. The molecule has 0 radical (unpaired) electrons. The summed E-state index contributed by atoms with van der Waals surface area (Å²) in [5, 5.41) is 0. The van der Waals surface area contributed by atoms with Gasteiger partial charge in [0.25, 0.3) is 0 Å². The standard InChI is InChI=1S/C12H14BrN3O/c1-12(2,3)10-7(6-17)9-11(16(10)4)15-8(13)5-14-9/h5-6H,1-4H3. The molecule has 0 aliphatic rings. The largest absolute Gasteiger partial charge is 0.330 e. The summed E-state index contributed by atoms with van der Waals surface area (Å²) in [4.78, 5) is 20.0. The summed E-state index contributed by atoms with van der Waals surface area (Å²) >= 11 is 3.30. The Morgan fingerprint density at radius 3 is 2.59 bits per heavy atom. The quantitative estimate of drug-likeness (QED) is 0.760. The first-order valence-electron chi connectivity index (χ1n) is 5.33. The lowest BCUT2D eigenvalue weighted by molar-refractivity contribution is 0.112. The second-order valence-corrected chi connectivity index (χ2v) is 5.87. The van der Waals surface area contributed by atoms with E-state index < -0.39 is 0 Å². The molecule has 90 valence electrons.